The minimum atomic E-state index is -3.71. The summed E-state index contributed by atoms with van der Waals surface area (Å²) in [5.41, 5.74) is 4.74. The van der Waals surface area contributed by atoms with E-state index >= 15 is 0 Å². The highest BCUT2D eigenvalue weighted by Gasteiger charge is 2.30. The van der Waals surface area contributed by atoms with Gasteiger partial charge >= 0.3 is 0 Å². The molecule has 1 aliphatic carbocycles. The predicted octanol–water partition coefficient (Wildman–Crippen LogP) is 3.91. The standard InChI is InChI=1S/C19H26N4O4S/c1-14-10-15(13-19(2,3)12-14)20-21-17-7-6-16(11-18(17)23(24)25)28(26,27)22-8-4-5-9-22/h6-7,10-11,21H,4-5,8-9,12-13H2,1-3H3/b20-15+. The lowest BCUT2D eigenvalue weighted by atomic mass is 9.77. The maximum Gasteiger partial charge on any atom is 0.295 e. The van der Waals surface area contributed by atoms with Crippen LogP contribution in [0.5, 0.6) is 0 Å². The third-order valence-electron chi connectivity index (χ3n) is 5.02. The average Bonchev–Trinajstić information content (AvgIpc) is 3.13. The Hall–Kier alpha value is -2.26. The molecule has 1 heterocycles. The van der Waals surface area contributed by atoms with Crippen LogP contribution in [0.4, 0.5) is 11.4 Å². The average molecular weight is 407 g/mol. The summed E-state index contributed by atoms with van der Waals surface area (Å²) in [7, 11) is -3.71. The Morgan fingerprint density at radius 1 is 1.21 bits per heavy atom. The Bertz CT molecular complexity index is 945. The molecule has 0 saturated carbocycles. The van der Waals surface area contributed by atoms with Gasteiger partial charge in [-0.05, 0) is 56.2 Å². The van der Waals surface area contributed by atoms with E-state index in [4.69, 9.17) is 0 Å². The maximum atomic E-state index is 12.7. The fraction of sp³-hybridized carbons (Fsp3) is 0.526. The summed E-state index contributed by atoms with van der Waals surface area (Å²) >= 11 is 0. The van der Waals surface area contributed by atoms with Crippen LogP contribution in [-0.2, 0) is 10.0 Å². The minimum absolute atomic E-state index is 0.0613. The van der Waals surface area contributed by atoms with E-state index in [-0.39, 0.29) is 21.7 Å². The molecule has 9 heteroatoms. The highest BCUT2D eigenvalue weighted by molar-refractivity contribution is 7.89. The molecule has 0 radical (unpaired) electrons. The summed E-state index contributed by atoms with van der Waals surface area (Å²) < 4.78 is 26.7. The highest BCUT2D eigenvalue weighted by Crippen LogP contribution is 2.34. The quantitative estimate of drug-likeness (QED) is 0.589. The number of nitrogens with one attached hydrogen (secondary N) is 1. The van der Waals surface area contributed by atoms with E-state index in [1.807, 2.05) is 13.0 Å². The number of nitrogens with zero attached hydrogens (tertiary/aromatic N) is 3. The molecule has 1 N–H and O–H groups in total. The zero-order valence-electron chi connectivity index (χ0n) is 16.4. The van der Waals surface area contributed by atoms with E-state index in [0.717, 1.165) is 37.5 Å². The number of benzene rings is 1. The summed E-state index contributed by atoms with van der Waals surface area (Å²) in [4.78, 5) is 10.9. The van der Waals surface area contributed by atoms with Crippen molar-refractivity contribution in [1.82, 2.24) is 4.31 Å². The fourth-order valence-corrected chi connectivity index (χ4v) is 5.43. The topological polar surface area (TPSA) is 105 Å². The number of nitro benzene ring substituents is 1. The lowest BCUT2D eigenvalue weighted by Crippen LogP contribution is -2.27. The van der Waals surface area contributed by atoms with E-state index in [2.05, 4.69) is 24.4 Å². The van der Waals surface area contributed by atoms with Gasteiger partial charge in [-0.2, -0.15) is 9.41 Å². The first-order valence-corrected chi connectivity index (χ1v) is 10.8. The van der Waals surface area contributed by atoms with E-state index < -0.39 is 14.9 Å². The number of sulfonamides is 1. The molecule has 1 aliphatic heterocycles. The minimum Gasteiger partial charge on any atom is -0.271 e. The van der Waals surface area contributed by atoms with E-state index in [0.29, 0.717) is 13.1 Å². The van der Waals surface area contributed by atoms with Crippen molar-refractivity contribution in [1.29, 1.82) is 0 Å². The monoisotopic (exact) mass is 406 g/mol. The number of nitro groups is 1. The van der Waals surface area contributed by atoms with Crippen LogP contribution in [0, 0.1) is 15.5 Å². The van der Waals surface area contributed by atoms with Gasteiger partial charge in [0.2, 0.25) is 10.0 Å². The van der Waals surface area contributed by atoms with Crippen LogP contribution < -0.4 is 5.43 Å². The van der Waals surface area contributed by atoms with Crippen molar-refractivity contribution in [2.24, 2.45) is 10.5 Å². The first-order valence-electron chi connectivity index (χ1n) is 9.37. The molecular weight excluding hydrogens is 380 g/mol. The van der Waals surface area contributed by atoms with Gasteiger partial charge in [0.1, 0.15) is 5.69 Å². The third-order valence-corrected chi connectivity index (χ3v) is 6.91. The maximum absolute atomic E-state index is 12.7. The molecular formula is C19H26N4O4S. The van der Waals surface area contributed by atoms with Crippen LogP contribution in [0.15, 0.2) is 39.8 Å². The molecule has 0 bridgehead atoms. The number of hydrogen-bond acceptors (Lipinski definition) is 6. The van der Waals surface area contributed by atoms with Crippen LogP contribution >= 0.6 is 0 Å². The summed E-state index contributed by atoms with van der Waals surface area (Å²) in [6, 6.07) is 3.92. The summed E-state index contributed by atoms with van der Waals surface area (Å²) in [5, 5.41) is 15.9. The highest BCUT2D eigenvalue weighted by atomic mass is 32.2. The Balaban J connectivity index is 1.89. The Labute approximate surface area is 165 Å². The van der Waals surface area contributed by atoms with Gasteiger partial charge < -0.3 is 0 Å². The second kappa shape index (κ2) is 7.63. The second-order valence-electron chi connectivity index (χ2n) is 8.27. The van der Waals surface area contributed by atoms with Crippen LogP contribution in [0.2, 0.25) is 0 Å². The van der Waals surface area contributed by atoms with Crippen molar-refractivity contribution in [3.63, 3.8) is 0 Å². The van der Waals surface area contributed by atoms with Gasteiger partial charge in [0.25, 0.3) is 5.69 Å². The lowest BCUT2D eigenvalue weighted by molar-refractivity contribution is -0.384. The van der Waals surface area contributed by atoms with Gasteiger partial charge in [0.15, 0.2) is 0 Å². The fourth-order valence-electron chi connectivity index (χ4n) is 3.89. The van der Waals surface area contributed by atoms with Crippen LogP contribution in [0.25, 0.3) is 0 Å². The van der Waals surface area contributed by atoms with Crippen molar-refractivity contribution in [2.75, 3.05) is 18.5 Å². The summed E-state index contributed by atoms with van der Waals surface area (Å²) in [5.74, 6) is 0. The van der Waals surface area contributed by atoms with Crippen LogP contribution in [0.3, 0.4) is 0 Å². The SMILES string of the molecule is CC1=C/C(=N\Nc2ccc(S(=O)(=O)N3CCCC3)cc2[N+](=O)[O-])CC(C)(C)C1. The van der Waals surface area contributed by atoms with Crippen molar-refractivity contribution in [3.8, 4) is 0 Å². The summed E-state index contributed by atoms with van der Waals surface area (Å²) in [6.07, 6.45) is 5.33. The largest absolute Gasteiger partial charge is 0.295 e. The Morgan fingerprint density at radius 3 is 2.50 bits per heavy atom. The smallest absolute Gasteiger partial charge is 0.271 e. The van der Waals surface area contributed by atoms with E-state index in [9.17, 15) is 18.5 Å². The molecule has 1 aromatic carbocycles. The lowest BCUT2D eigenvalue weighted by Gasteiger charge is -2.29. The van der Waals surface area contributed by atoms with Crippen LogP contribution in [-0.4, -0.2) is 36.4 Å². The van der Waals surface area contributed by atoms with Gasteiger partial charge in [-0.25, -0.2) is 8.42 Å². The second-order valence-corrected chi connectivity index (χ2v) is 10.2. The Morgan fingerprint density at radius 2 is 1.89 bits per heavy atom. The predicted molar refractivity (Wildman–Crippen MR) is 109 cm³/mol. The molecule has 1 saturated heterocycles. The van der Waals surface area contributed by atoms with E-state index in [1.165, 1.54) is 22.0 Å². The van der Waals surface area contributed by atoms with Gasteiger partial charge in [0, 0.05) is 19.2 Å². The van der Waals surface area contributed by atoms with Crippen molar-refractivity contribution >= 4 is 27.1 Å². The number of allylic oxidation sites excluding steroid dienone is 2. The Kier molecular flexibility index (Phi) is 5.58. The molecule has 28 heavy (non-hydrogen) atoms. The molecule has 1 aromatic rings. The molecule has 0 aromatic heterocycles. The van der Waals surface area contributed by atoms with E-state index in [1.54, 1.807) is 0 Å². The zero-order valence-corrected chi connectivity index (χ0v) is 17.3. The van der Waals surface area contributed by atoms with Gasteiger partial charge in [-0.1, -0.05) is 19.4 Å². The normalized spacial score (nSPS) is 21.5. The molecule has 0 atom stereocenters. The molecule has 1 fully saturated rings. The van der Waals surface area contributed by atoms with Crippen molar-refractivity contribution < 1.29 is 13.3 Å². The molecule has 0 unspecified atom stereocenters. The summed E-state index contributed by atoms with van der Waals surface area (Å²) in [6.45, 7) is 7.24. The molecule has 2 aliphatic rings. The molecule has 0 spiro atoms. The van der Waals surface area contributed by atoms with Gasteiger partial charge in [0.05, 0.1) is 15.5 Å². The van der Waals surface area contributed by atoms with Crippen LogP contribution in [0.1, 0.15) is 46.5 Å². The number of anilines is 1. The molecule has 8 nitrogen and oxygen atoms in total. The molecule has 3 rings (SSSR count). The van der Waals surface area contributed by atoms with Crippen molar-refractivity contribution in [2.45, 2.75) is 51.3 Å². The number of hydrogen-bond donors (Lipinski definition) is 1. The zero-order chi connectivity index (χ0) is 20.5. The number of rotatable bonds is 5. The first-order chi connectivity index (χ1) is 13.1. The van der Waals surface area contributed by atoms with Gasteiger partial charge in [-0.15, -0.1) is 0 Å². The molecule has 152 valence electrons. The number of hydrazone groups is 1. The molecule has 0 amide bonds. The van der Waals surface area contributed by atoms with Crippen molar-refractivity contribution in [3.05, 3.63) is 40.0 Å². The van der Waals surface area contributed by atoms with Gasteiger partial charge in [-0.3, -0.25) is 15.5 Å². The third kappa shape index (κ3) is 4.41. The first kappa shape index (κ1) is 20.5.